The summed E-state index contributed by atoms with van der Waals surface area (Å²) in [5.41, 5.74) is 28.5. The highest BCUT2D eigenvalue weighted by atomic mass is 14.9. The van der Waals surface area contributed by atoms with E-state index in [1.54, 1.807) is 0 Å². The van der Waals surface area contributed by atoms with E-state index in [1.807, 2.05) is 83.1 Å². The number of aryl methyl sites for hydroxylation is 8. The Bertz CT molecular complexity index is 4810. The zero-order valence-corrected chi connectivity index (χ0v) is 61.1. The number of aromatic nitrogens is 4. The van der Waals surface area contributed by atoms with E-state index in [-0.39, 0.29) is 5.92 Å². The van der Waals surface area contributed by atoms with Crippen LogP contribution in [0.15, 0.2) is 267 Å². The average Bonchev–Trinajstić information content (AvgIpc) is 0.798. The Morgan fingerprint density at radius 3 is 0.959 bits per heavy atom. The molecule has 494 valence electrons. The van der Waals surface area contributed by atoms with Gasteiger partial charge in [-0.3, -0.25) is 0 Å². The Kier molecular flexibility index (Phi) is 22.0. The monoisotopic (exact) mass is 1280 g/mol. The summed E-state index contributed by atoms with van der Waals surface area (Å²) in [6.45, 7) is 29.6. The molecule has 12 rings (SSSR count). The number of hydrogen-bond donors (Lipinski definition) is 0. The summed E-state index contributed by atoms with van der Waals surface area (Å²) in [6.07, 6.45) is 7.10. The molecule has 4 nitrogen and oxygen atoms in total. The van der Waals surface area contributed by atoms with E-state index in [1.165, 1.54) is 95.0 Å². The van der Waals surface area contributed by atoms with Crippen molar-refractivity contribution in [3.05, 3.63) is 312 Å². The topological polar surface area (TPSA) is 15.5 Å². The average molecular weight is 1280 g/mol. The van der Waals surface area contributed by atoms with Crippen molar-refractivity contribution >= 4 is 0 Å². The maximum atomic E-state index is 8.55. The van der Waals surface area contributed by atoms with Crippen LogP contribution in [0.1, 0.15) is 125 Å². The molecule has 0 aliphatic rings. The van der Waals surface area contributed by atoms with Crippen molar-refractivity contribution in [1.29, 1.82) is 0 Å². The van der Waals surface area contributed by atoms with Gasteiger partial charge in [-0.1, -0.05) is 239 Å². The summed E-state index contributed by atoms with van der Waals surface area (Å²) in [4.78, 5) is 0. The summed E-state index contributed by atoms with van der Waals surface area (Å²) in [5, 5.41) is 0. The molecule has 97 heavy (non-hydrogen) atoms. The molecule has 4 heterocycles. The molecule has 0 saturated heterocycles. The smallest absolute Gasteiger partial charge is 0.200 e. The van der Waals surface area contributed by atoms with Crippen LogP contribution in [0.25, 0.3) is 89.5 Å². The predicted octanol–water partition coefficient (Wildman–Crippen LogP) is 22.1. The van der Waals surface area contributed by atoms with E-state index in [2.05, 4.69) is 328 Å². The summed E-state index contributed by atoms with van der Waals surface area (Å²) in [5.74, 6) is 0.495. The second kappa shape index (κ2) is 32.4. The Morgan fingerprint density at radius 1 is 0.309 bits per heavy atom. The summed E-state index contributed by atoms with van der Waals surface area (Å²) < 4.78 is 42.3. The second-order valence-electron chi connectivity index (χ2n) is 29.0. The first-order valence-corrected chi connectivity index (χ1v) is 34.5. The highest BCUT2D eigenvalue weighted by Crippen LogP contribution is 2.32. The Morgan fingerprint density at radius 2 is 0.629 bits per heavy atom. The lowest BCUT2D eigenvalue weighted by molar-refractivity contribution is -0.660. The van der Waals surface area contributed by atoms with E-state index in [0.717, 1.165) is 45.5 Å². The molecule has 0 amide bonds. The summed E-state index contributed by atoms with van der Waals surface area (Å²) in [7, 11) is 8.38. The molecule has 4 aromatic heterocycles. The highest BCUT2D eigenvalue weighted by Gasteiger charge is 2.20. The molecule has 0 unspecified atom stereocenters. The van der Waals surface area contributed by atoms with Gasteiger partial charge in [0.2, 0.25) is 22.8 Å². The third-order valence-electron chi connectivity index (χ3n) is 17.5. The van der Waals surface area contributed by atoms with Crippen molar-refractivity contribution in [2.75, 3.05) is 0 Å². The number of hydrogen-bond acceptors (Lipinski definition) is 0. The van der Waals surface area contributed by atoms with Crippen LogP contribution in [0.2, 0.25) is 0 Å². The molecule has 0 saturated carbocycles. The lowest BCUT2D eigenvalue weighted by atomic mass is 9.87. The fraction of sp³-hybridized carbons (Fsp3) is 0.269. The van der Waals surface area contributed by atoms with Gasteiger partial charge in [0.15, 0.2) is 24.8 Å². The second-order valence-corrected chi connectivity index (χ2v) is 29.0. The zero-order chi connectivity index (χ0) is 73.1. The molecule has 0 spiro atoms. The predicted molar refractivity (Wildman–Crippen MR) is 412 cm³/mol. The maximum absolute atomic E-state index is 8.55. The minimum Gasteiger partial charge on any atom is -0.200 e. The molecule has 0 bridgehead atoms. The highest BCUT2D eigenvalue weighted by molar-refractivity contribution is 5.71. The molecule has 8 aromatic carbocycles. The van der Waals surface area contributed by atoms with Crippen LogP contribution in [0, 0.1) is 44.4 Å². The van der Waals surface area contributed by atoms with Gasteiger partial charge in [0.05, 0.1) is 0 Å². The largest absolute Gasteiger partial charge is 0.212 e. The van der Waals surface area contributed by atoms with Crippen molar-refractivity contribution < 1.29 is 23.8 Å². The lowest BCUT2D eigenvalue weighted by Crippen LogP contribution is -2.30. The zero-order valence-electron chi connectivity index (χ0n) is 65.1. The van der Waals surface area contributed by atoms with Crippen LogP contribution in [0.3, 0.4) is 0 Å². The van der Waals surface area contributed by atoms with Crippen LogP contribution in [-0.4, -0.2) is 0 Å². The van der Waals surface area contributed by atoms with Crippen molar-refractivity contribution in [3.8, 4) is 89.5 Å². The number of rotatable bonds is 13. The molecule has 4 heteroatoms. The SMILES string of the molecule is Cc1ccccc1-c1ccc(-c2cccc(C(C)C)c2)c[n+]1C.Cc1ccccc1-c1ccc(-c2cccc(CC(C)(C)C)c2)c[n+]1C.[2H]C([2H])(c1ccc(-c2ccc(-c3ccccc3C)[n+](C)c2)cc1)C(C)C.[2H]C([2H])(c1cccc(-c2ccc(-c3ccccc3C)[n+](C)c2)c1)C(C)(C)C. The Balaban J connectivity index is 0.000000157. The van der Waals surface area contributed by atoms with Gasteiger partial charge in [-0.2, -0.15) is 0 Å². The number of benzene rings is 8. The first kappa shape index (κ1) is 66.0. The van der Waals surface area contributed by atoms with E-state index in [0.29, 0.717) is 11.3 Å². The van der Waals surface area contributed by atoms with Crippen LogP contribution < -0.4 is 18.3 Å². The van der Waals surface area contributed by atoms with E-state index >= 15 is 0 Å². The van der Waals surface area contributed by atoms with E-state index in [4.69, 9.17) is 5.48 Å². The first-order chi connectivity index (χ1) is 47.8. The third-order valence-corrected chi connectivity index (χ3v) is 17.5. The minimum absolute atomic E-state index is 0.0560. The van der Waals surface area contributed by atoms with Gasteiger partial charge in [-0.25, -0.2) is 18.3 Å². The van der Waals surface area contributed by atoms with Gasteiger partial charge in [0.1, 0.15) is 28.2 Å². The molecular weight excluding hydrogens is 1170 g/mol. The first-order valence-electron chi connectivity index (χ1n) is 36.5. The van der Waals surface area contributed by atoms with Gasteiger partial charge in [-0.05, 0) is 185 Å². The van der Waals surface area contributed by atoms with Gasteiger partial charge >= 0.3 is 0 Å². The molecule has 0 atom stereocenters. The normalized spacial score (nSPS) is 12.2. The Hall–Kier alpha value is -9.64. The van der Waals surface area contributed by atoms with Gasteiger partial charge < -0.3 is 0 Å². The summed E-state index contributed by atoms with van der Waals surface area (Å²) >= 11 is 0. The van der Waals surface area contributed by atoms with Crippen molar-refractivity contribution in [3.63, 3.8) is 0 Å². The third kappa shape index (κ3) is 19.8. The van der Waals surface area contributed by atoms with E-state index < -0.39 is 18.2 Å². The van der Waals surface area contributed by atoms with Crippen LogP contribution in [-0.2, 0) is 47.4 Å². The van der Waals surface area contributed by atoms with Crippen LogP contribution in [0.5, 0.6) is 0 Å². The van der Waals surface area contributed by atoms with Crippen molar-refractivity contribution in [2.45, 2.75) is 122 Å². The van der Waals surface area contributed by atoms with Crippen molar-refractivity contribution in [1.82, 2.24) is 0 Å². The Labute approximate surface area is 589 Å². The molecule has 0 radical (unpaired) electrons. The molecular formula is C93H106N4+4. The molecule has 0 aliphatic heterocycles. The molecule has 0 N–H and O–H groups in total. The fourth-order valence-corrected chi connectivity index (χ4v) is 12.5. The lowest BCUT2D eigenvalue weighted by Gasteiger charge is -2.18. The molecule has 12 aromatic rings. The van der Waals surface area contributed by atoms with Gasteiger partial charge in [-0.15, -0.1) is 0 Å². The van der Waals surface area contributed by atoms with Gasteiger partial charge in [0.25, 0.3) is 0 Å². The van der Waals surface area contributed by atoms with E-state index in [9.17, 15) is 0 Å². The minimum atomic E-state index is -1.40. The van der Waals surface area contributed by atoms with Crippen LogP contribution >= 0.6 is 0 Å². The molecule has 0 fully saturated rings. The standard InChI is InChI=1S/2C24H28N.C23H26N.C22H24N/c2*1-18-9-6-7-12-22(18)23-14-13-21(17-25(23)5)20-11-8-10-19(15-20)16-24(2,3)4;1-17(2)15-19-9-11-20(12-10-19)21-13-14-23(24(4)16-21)22-8-6-5-7-18(22)3;1-16(2)18-9-7-10-19(14-18)20-12-13-22(23(4)15-20)21-11-6-5-8-17(21)3/h2*6-15,17H,16H2,1-5H3;5-14,16-17H,15H2,1-4H3;5-16H,1-4H3/q4*+1/i16D2;;15D2;. The van der Waals surface area contributed by atoms with Gasteiger partial charge in [0, 0.05) is 74.3 Å². The quantitative estimate of drug-likeness (QED) is 0.102. The number of pyridine rings is 4. The van der Waals surface area contributed by atoms with Crippen LogP contribution in [0.4, 0.5) is 0 Å². The maximum Gasteiger partial charge on any atom is 0.212 e. The fourth-order valence-electron chi connectivity index (χ4n) is 12.5. The summed E-state index contributed by atoms with van der Waals surface area (Å²) in [6, 6.07) is 84.8. The number of nitrogens with zero attached hydrogens (tertiary/aromatic N) is 4. The molecule has 0 aliphatic carbocycles. The van der Waals surface area contributed by atoms with Crippen molar-refractivity contribution in [2.24, 2.45) is 44.9 Å².